The van der Waals surface area contributed by atoms with E-state index in [1.807, 2.05) is 24.3 Å². The van der Waals surface area contributed by atoms with E-state index in [1.54, 1.807) is 0 Å². The number of rotatable bonds is 2. The average molecular weight is 298 g/mol. The Kier molecular flexibility index (Phi) is 2.95. The molecule has 1 aromatic carbocycles. The molecule has 4 rings (SSSR count). The summed E-state index contributed by atoms with van der Waals surface area (Å²) in [6.45, 7) is 1.91. The lowest BCUT2D eigenvalue weighted by Crippen LogP contribution is -2.60. The quantitative estimate of drug-likeness (QED) is 0.852. The summed E-state index contributed by atoms with van der Waals surface area (Å²) < 4.78 is 0. The Morgan fingerprint density at radius 1 is 1.05 bits per heavy atom. The van der Waals surface area contributed by atoms with Crippen molar-refractivity contribution in [2.45, 2.75) is 44.1 Å². The van der Waals surface area contributed by atoms with E-state index >= 15 is 0 Å². The van der Waals surface area contributed by atoms with Crippen LogP contribution in [0.15, 0.2) is 24.3 Å². The summed E-state index contributed by atoms with van der Waals surface area (Å²) in [4.78, 5) is 28.1. The number of amides is 1. The molecule has 1 heterocycles. The Hall–Kier alpha value is -1.68. The van der Waals surface area contributed by atoms with Crippen LogP contribution in [0.25, 0.3) is 0 Å². The minimum atomic E-state index is -1.05. The molecule has 116 valence electrons. The van der Waals surface area contributed by atoms with Gasteiger partial charge in [0.2, 0.25) is 5.91 Å². The average Bonchev–Trinajstić information content (AvgIpc) is 3.05. The first-order chi connectivity index (χ1) is 10.6. The number of likely N-dealkylation sites (tertiary alicyclic amines) is 1. The number of carbonyl (C=O) groups excluding carboxylic acids is 2. The van der Waals surface area contributed by atoms with Gasteiger partial charge in [-0.15, -0.1) is 0 Å². The van der Waals surface area contributed by atoms with Gasteiger partial charge < -0.3 is 5.73 Å². The largest absolute Gasteiger partial charge is 0.369 e. The maximum Gasteiger partial charge on any atom is 0.233 e. The number of Topliss-reactive ketones (excluding diaryl/α,β-unsaturated/α-hetero) is 1. The monoisotopic (exact) mass is 298 g/mol. The molecule has 0 aromatic heterocycles. The minimum absolute atomic E-state index is 0.0429. The zero-order valence-corrected chi connectivity index (χ0v) is 12.8. The minimum Gasteiger partial charge on any atom is -0.369 e. The van der Waals surface area contributed by atoms with Crippen molar-refractivity contribution in [2.75, 3.05) is 13.1 Å². The lowest BCUT2D eigenvalue weighted by Gasteiger charge is -2.48. The third-order valence-corrected chi connectivity index (χ3v) is 6.12. The lowest BCUT2D eigenvalue weighted by atomic mass is 9.69. The molecule has 1 amide bonds. The summed E-state index contributed by atoms with van der Waals surface area (Å²) in [7, 11) is 0. The number of piperidine rings is 1. The van der Waals surface area contributed by atoms with Crippen LogP contribution < -0.4 is 5.73 Å². The van der Waals surface area contributed by atoms with Gasteiger partial charge in [0.1, 0.15) is 5.41 Å². The van der Waals surface area contributed by atoms with Gasteiger partial charge in [0.15, 0.2) is 5.78 Å². The molecule has 0 radical (unpaired) electrons. The van der Waals surface area contributed by atoms with Crippen LogP contribution in [0.2, 0.25) is 0 Å². The third kappa shape index (κ3) is 1.42. The van der Waals surface area contributed by atoms with Crippen LogP contribution in [-0.4, -0.2) is 29.7 Å². The molecular weight excluding hydrogens is 276 g/mol. The zero-order chi connectivity index (χ0) is 15.4. The Bertz CT molecular complexity index is 650. The van der Waals surface area contributed by atoms with E-state index in [0.29, 0.717) is 12.0 Å². The number of carbonyl (C=O) groups is 2. The SMILES string of the molecule is NC(=O)C12CCCC1(N1CCCCC1)c1ccccc1C2=O. The van der Waals surface area contributed by atoms with Crippen molar-refractivity contribution in [3.05, 3.63) is 35.4 Å². The van der Waals surface area contributed by atoms with Crippen LogP contribution >= 0.6 is 0 Å². The third-order valence-electron chi connectivity index (χ3n) is 6.12. The van der Waals surface area contributed by atoms with Crippen molar-refractivity contribution in [1.82, 2.24) is 4.90 Å². The first kappa shape index (κ1) is 13.9. The van der Waals surface area contributed by atoms with Gasteiger partial charge in [-0.2, -0.15) is 0 Å². The molecule has 1 aromatic rings. The van der Waals surface area contributed by atoms with Gasteiger partial charge in [-0.1, -0.05) is 30.7 Å². The standard InChI is InChI=1S/C18H22N2O2/c19-16(22)17-9-6-10-18(17,20-11-4-1-5-12-20)14-8-3-2-7-13(14)15(17)21/h2-3,7-8H,1,4-6,9-12H2,(H2,19,22). The maximum atomic E-state index is 13.2. The Labute approximate surface area is 130 Å². The van der Waals surface area contributed by atoms with Crippen molar-refractivity contribution in [1.29, 1.82) is 0 Å². The maximum absolute atomic E-state index is 13.2. The Balaban J connectivity index is 1.98. The molecule has 2 unspecified atom stereocenters. The zero-order valence-electron chi connectivity index (χ0n) is 12.8. The number of benzene rings is 1. The van der Waals surface area contributed by atoms with E-state index in [1.165, 1.54) is 6.42 Å². The second-order valence-corrected chi connectivity index (χ2v) is 6.91. The van der Waals surface area contributed by atoms with Gasteiger partial charge >= 0.3 is 0 Å². The fraction of sp³-hybridized carbons (Fsp3) is 0.556. The molecular formula is C18H22N2O2. The summed E-state index contributed by atoms with van der Waals surface area (Å²) >= 11 is 0. The van der Waals surface area contributed by atoms with Gasteiger partial charge in [0.25, 0.3) is 0 Å². The van der Waals surface area contributed by atoms with Crippen LogP contribution in [0, 0.1) is 5.41 Å². The van der Waals surface area contributed by atoms with Crippen molar-refractivity contribution in [3.8, 4) is 0 Å². The van der Waals surface area contributed by atoms with Crippen molar-refractivity contribution in [3.63, 3.8) is 0 Å². The molecule has 3 aliphatic rings. The summed E-state index contributed by atoms with van der Waals surface area (Å²) in [5, 5.41) is 0. The van der Waals surface area contributed by atoms with Crippen molar-refractivity contribution < 1.29 is 9.59 Å². The van der Waals surface area contributed by atoms with Crippen LogP contribution in [0.5, 0.6) is 0 Å². The topological polar surface area (TPSA) is 63.4 Å². The van der Waals surface area contributed by atoms with Crippen LogP contribution in [0.3, 0.4) is 0 Å². The number of ketones is 1. The summed E-state index contributed by atoms with van der Waals surface area (Å²) in [6.07, 6.45) is 5.83. The highest BCUT2D eigenvalue weighted by atomic mass is 16.2. The van der Waals surface area contributed by atoms with E-state index in [0.717, 1.165) is 44.3 Å². The first-order valence-corrected chi connectivity index (χ1v) is 8.34. The molecule has 2 atom stereocenters. The predicted molar refractivity (Wildman–Crippen MR) is 83.4 cm³/mol. The number of hydrogen-bond donors (Lipinski definition) is 1. The van der Waals surface area contributed by atoms with E-state index in [9.17, 15) is 9.59 Å². The Morgan fingerprint density at radius 2 is 1.77 bits per heavy atom. The highest BCUT2D eigenvalue weighted by molar-refractivity contribution is 6.19. The molecule has 2 N–H and O–H groups in total. The van der Waals surface area contributed by atoms with Gasteiger partial charge in [-0.25, -0.2) is 0 Å². The highest BCUT2D eigenvalue weighted by Crippen LogP contribution is 2.63. The number of primary amides is 1. The van der Waals surface area contributed by atoms with Gasteiger partial charge in [0, 0.05) is 5.56 Å². The number of nitrogens with zero attached hydrogens (tertiary/aromatic N) is 1. The number of nitrogens with two attached hydrogens (primary N) is 1. The van der Waals surface area contributed by atoms with E-state index in [-0.39, 0.29) is 5.78 Å². The van der Waals surface area contributed by atoms with Crippen molar-refractivity contribution >= 4 is 11.7 Å². The van der Waals surface area contributed by atoms with E-state index in [4.69, 9.17) is 5.73 Å². The summed E-state index contributed by atoms with van der Waals surface area (Å²) in [5.41, 5.74) is 6.06. The second kappa shape index (κ2) is 4.66. The molecule has 0 bridgehead atoms. The van der Waals surface area contributed by atoms with Gasteiger partial charge in [0.05, 0.1) is 5.54 Å². The highest BCUT2D eigenvalue weighted by Gasteiger charge is 2.70. The van der Waals surface area contributed by atoms with Gasteiger partial charge in [-0.05, 0) is 50.8 Å². The first-order valence-electron chi connectivity index (χ1n) is 8.34. The molecule has 2 aliphatic carbocycles. The van der Waals surface area contributed by atoms with Crippen LogP contribution in [-0.2, 0) is 10.3 Å². The molecule has 1 saturated heterocycles. The number of hydrogen-bond acceptors (Lipinski definition) is 3. The van der Waals surface area contributed by atoms with E-state index < -0.39 is 16.9 Å². The van der Waals surface area contributed by atoms with Crippen molar-refractivity contribution in [2.24, 2.45) is 11.1 Å². The van der Waals surface area contributed by atoms with E-state index in [2.05, 4.69) is 4.90 Å². The fourth-order valence-electron chi connectivity index (χ4n) is 5.28. The smallest absolute Gasteiger partial charge is 0.233 e. The fourth-order valence-corrected chi connectivity index (χ4v) is 5.28. The molecule has 1 aliphatic heterocycles. The molecule has 4 heteroatoms. The van der Waals surface area contributed by atoms with Crippen LogP contribution in [0.1, 0.15) is 54.4 Å². The molecule has 22 heavy (non-hydrogen) atoms. The predicted octanol–water partition coefficient (Wildman–Crippen LogP) is 2.22. The Morgan fingerprint density at radius 3 is 2.50 bits per heavy atom. The number of fused-ring (bicyclic) bond motifs is 3. The van der Waals surface area contributed by atoms with Crippen LogP contribution in [0.4, 0.5) is 0 Å². The molecule has 2 fully saturated rings. The molecule has 0 spiro atoms. The second-order valence-electron chi connectivity index (χ2n) is 6.91. The summed E-state index contributed by atoms with van der Waals surface area (Å²) in [5.74, 6) is -0.476. The lowest BCUT2D eigenvalue weighted by molar-refractivity contribution is -0.132. The van der Waals surface area contributed by atoms with Gasteiger partial charge in [-0.3, -0.25) is 14.5 Å². The molecule has 4 nitrogen and oxygen atoms in total. The summed E-state index contributed by atoms with van der Waals surface area (Å²) in [6, 6.07) is 7.77. The molecule has 1 saturated carbocycles. The normalized spacial score (nSPS) is 34.5.